The molecule has 1 aliphatic heterocycles. The van der Waals surface area contributed by atoms with Gasteiger partial charge in [-0.05, 0) is 49.4 Å². The zero-order valence-electron chi connectivity index (χ0n) is 15.5. The standard InChI is InChI=1S/C21H23Cl2N3O2/c22-16-6-8-17(9-7-16)24-20(27)10-13-25-11-3-12-26(15-14-25)21(28)18-4-1-2-5-19(18)23/h1-2,4-9H,3,10-15H2,(H,24,27). The lowest BCUT2D eigenvalue weighted by Gasteiger charge is -2.22. The van der Waals surface area contributed by atoms with E-state index in [1.54, 1.807) is 36.4 Å². The van der Waals surface area contributed by atoms with E-state index in [0.717, 1.165) is 25.2 Å². The lowest BCUT2D eigenvalue weighted by atomic mass is 10.2. The Balaban J connectivity index is 1.47. The predicted octanol–water partition coefficient (Wildman–Crippen LogP) is 4.17. The molecule has 28 heavy (non-hydrogen) atoms. The van der Waals surface area contributed by atoms with Crippen molar-refractivity contribution in [3.63, 3.8) is 0 Å². The molecule has 1 N–H and O–H groups in total. The molecular weight excluding hydrogens is 397 g/mol. The minimum Gasteiger partial charge on any atom is -0.337 e. The Morgan fingerprint density at radius 3 is 2.43 bits per heavy atom. The molecule has 7 heteroatoms. The highest BCUT2D eigenvalue weighted by Crippen LogP contribution is 2.18. The lowest BCUT2D eigenvalue weighted by molar-refractivity contribution is -0.116. The first-order valence-electron chi connectivity index (χ1n) is 9.34. The van der Waals surface area contributed by atoms with Gasteiger partial charge in [-0.1, -0.05) is 35.3 Å². The molecule has 1 heterocycles. The number of carbonyl (C=O) groups excluding carboxylic acids is 2. The van der Waals surface area contributed by atoms with Crippen molar-refractivity contribution < 1.29 is 9.59 Å². The summed E-state index contributed by atoms with van der Waals surface area (Å²) >= 11 is 12.0. The van der Waals surface area contributed by atoms with Crippen molar-refractivity contribution in [3.8, 4) is 0 Å². The molecule has 5 nitrogen and oxygen atoms in total. The molecule has 0 aromatic heterocycles. The van der Waals surface area contributed by atoms with Gasteiger partial charge >= 0.3 is 0 Å². The van der Waals surface area contributed by atoms with E-state index in [0.29, 0.717) is 41.7 Å². The molecule has 2 aromatic carbocycles. The molecule has 0 aliphatic carbocycles. The van der Waals surface area contributed by atoms with Gasteiger partial charge in [0.1, 0.15) is 0 Å². The second kappa shape index (κ2) is 9.92. The summed E-state index contributed by atoms with van der Waals surface area (Å²) in [6.07, 6.45) is 1.27. The molecule has 148 valence electrons. The molecule has 1 fully saturated rings. The van der Waals surface area contributed by atoms with Crippen LogP contribution in [0.5, 0.6) is 0 Å². The number of hydrogen-bond acceptors (Lipinski definition) is 3. The highest BCUT2D eigenvalue weighted by atomic mass is 35.5. The van der Waals surface area contributed by atoms with E-state index in [4.69, 9.17) is 23.2 Å². The van der Waals surface area contributed by atoms with Crippen LogP contribution in [0.3, 0.4) is 0 Å². The maximum Gasteiger partial charge on any atom is 0.255 e. The first-order valence-corrected chi connectivity index (χ1v) is 10.1. The third-order valence-electron chi connectivity index (χ3n) is 4.76. The molecule has 0 bridgehead atoms. The van der Waals surface area contributed by atoms with E-state index in [-0.39, 0.29) is 11.8 Å². The van der Waals surface area contributed by atoms with Crippen LogP contribution in [0.1, 0.15) is 23.2 Å². The summed E-state index contributed by atoms with van der Waals surface area (Å²) in [5.74, 6) is -0.0662. The number of anilines is 1. The fourth-order valence-electron chi connectivity index (χ4n) is 3.22. The largest absolute Gasteiger partial charge is 0.337 e. The minimum absolute atomic E-state index is 0.0319. The van der Waals surface area contributed by atoms with Crippen molar-refractivity contribution in [1.29, 1.82) is 0 Å². The fourth-order valence-corrected chi connectivity index (χ4v) is 3.56. The molecule has 2 aromatic rings. The number of halogens is 2. The van der Waals surface area contributed by atoms with Gasteiger partial charge in [0.15, 0.2) is 0 Å². The van der Waals surface area contributed by atoms with E-state index >= 15 is 0 Å². The van der Waals surface area contributed by atoms with Crippen molar-refractivity contribution in [2.75, 3.05) is 38.0 Å². The Hall–Kier alpha value is -2.08. The van der Waals surface area contributed by atoms with Crippen LogP contribution in [0.4, 0.5) is 5.69 Å². The number of nitrogens with zero attached hydrogens (tertiary/aromatic N) is 2. The number of hydrogen-bond donors (Lipinski definition) is 1. The molecule has 0 radical (unpaired) electrons. The van der Waals surface area contributed by atoms with E-state index in [2.05, 4.69) is 10.2 Å². The van der Waals surface area contributed by atoms with Gasteiger partial charge in [-0.25, -0.2) is 0 Å². The Labute approximate surface area is 175 Å². The van der Waals surface area contributed by atoms with Crippen LogP contribution in [0.15, 0.2) is 48.5 Å². The topological polar surface area (TPSA) is 52.7 Å². The minimum atomic E-state index is -0.0343. The van der Waals surface area contributed by atoms with Crippen molar-refractivity contribution in [1.82, 2.24) is 9.80 Å². The maximum absolute atomic E-state index is 12.7. The van der Waals surface area contributed by atoms with Crippen LogP contribution >= 0.6 is 23.2 Å². The molecular formula is C21H23Cl2N3O2. The van der Waals surface area contributed by atoms with Gasteiger partial charge in [-0.3, -0.25) is 9.59 Å². The summed E-state index contributed by atoms with van der Waals surface area (Å²) in [5, 5.41) is 3.99. The average Bonchev–Trinajstić information content (AvgIpc) is 2.94. The van der Waals surface area contributed by atoms with Gasteiger partial charge in [0.05, 0.1) is 10.6 Å². The Kier molecular flexibility index (Phi) is 7.31. The van der Waals surface area contributed by atoms with Crippen molar-refractivity contribution in [2.24, 2.45) is 0 Å². The summed E-state index contributed by atoms with van der Waals surface area (Å²) < 4.78 is 0. The van der Waals surface area contributed by atoms with Gasteiger partial charge in [-0.15, -0.1) is 0 Å². The Bertz CT molecular complexity index is 827. The van der Waals surface area contributed by atoms with Gasteiger partial charge in [0.2, 0.25) is 5.91 Å². The van der Waals surface area contributed by atoms with Crippen molar-refractivity contribution in [2.45, 2.75) is 12.8 Å². The molecule has 0 spiro atoms. The average molecular weight is 420 g/mol. The second-order valence-electron chi connectivity index (χ2n) is 6.77. The first-order chi connectivity index (χ1) is 13.5. The molecule has 0 atom stereocenters. The monoisotopic (exact) mass is 419 g/mol. The van der Waals surface area contributed by atoms with Gasteiger partial charge in [0, 0.05) is 43.3 Å². The van der Waals surface area contributed by atoms with Crippen LogP contribution in [-0.4, -0.2) is 54.3 Å². The van der Waals surface area contributed by atoms with Gasteiger partial charge < -0.3 is 15.1 Å². The summed E-state index contributed by atoms with van der Waals surface area (Å²) in [7, 11) is 0. The number of nitrogens with one attached hydrogen (secondary N) is 1. The number of amides is 2. The van der Waals surface area contributed by atoms with Crippen LogP contribution in [0.2, 0.25) is 10.0 Å². The van der Waals surface area contributed by atoms with E-state index in [1.807, 2.05) is 17.0 Å². The first kappa shape index (κ1) is 20.6. The van der Waals surface area contributed by atoms with E-state index in [1.165, 1.54) is 0 Å². The van der Waals surface area contributed by atoms with Crippen LogP contribution < -0.4 is 5.32 Å². The van der Waals surface area contributed by atoms with Crippen molar-refractivity contribution >= 4 is 40.7 Å². The summed E-state index contributed by atoms with van der Waals surface area (Å²) in [6.45, 7) is 3.58. The maximum atomic E-state index is 12.7. The van der Waals surface area contributed by atoms with Gasteiger partial charge in [-0.2, -0.15) is 0 Å². The molecule has 0 saturated carbocycles. The summed E-state index contributed by atoms with van der Waals surface area (Å²) in [4.78, 5) is 29.0. The number of carbonyl (C=O) groups is 2. The summed E-state index contributed by atoms with van der Waals surface area (Å²) in [6, 6.07) is 14.2. The SMILES string of the molecule is O=C(CCN1CCCN(C(=O)c2ccccc2Cl)CC1)Nc1ccc(Cl)cc1. The van der Waals surface area contributed by atoms with Crippen LogP contribution in [-0.2, 0) is 4.79 Å². The highest BCUT2D eigenvalue weighted by molar-refractivity contribution is 6.33. The van der Waals surface area contributed by atoms with Crippen molar-refractivity contribution in [3.05, 3.63) is 64.1 Å². The molecule has 1 saturated heterocycles. The highest BCUT2D eigenvalue weighted by Gasteiger charge is 2.22. The molecule has 3 rings (SSSR count). The van der Waals surface area contributed by atoms with E-state index < -0.39 is 0 Å². The zero-order chi connectivity index (χ0) is 19.9. The second-order valence-corrected chi connectivity index (χ2v) is 7.62. The van der Waals surface area contributed by atoms with E-state index in [9.17, 15) is 9.59 Å². The fraction of sp³-hybridized carbons (Fsp3) is 0.333. The number of benzene rings is 2. The third-order valence-corrected chi connectivity index (χ3v) is 5.34. The van der Waals surface area contributed by atoms with Crippen LogP contribution in [0.25, 0.3) is 0 Å². The molecule has 1 aliphatic rings. The predicted molar refractivity (Wildman–Crippen MR) is 113 cm³/mol. The Morgan fingerprint density at radius 1 is 0.929 bits per heavy atom. The Morgan fingerprint density at radius 2 is 1.68 bits per heavy atom. The normalized spacial score (nSPS) is 15.1. The number of rotatable bonds is 5. The quantitative estimate of drug-likeness (QED) is 0.790. The third kappa shape index (κ3) is 5.71. The van der Waals surface area contributed by atoms with Crippen LogP contribution in [0, 0.1) is 0 Å². The zero-order valence-corrected chi connectivity index (χ0v) is 17.0. The summed E-state index contributed by atoms with van der Waals surface area (Å²) in [5.41, 5.74) is 1.28. The molecule has 0 unspecified atom stereocenters. The lowest BCUT2D eigenvalue weighted by Crippen LogP contribution is -2.36. The molecule has 2 amide bonds. The smallest absolute Gasteiger partial charge is 0.255 e. The van der Waals surface area contributed by atoms with Gasteiger partial charge in [0.25, 0.3) is 5.91 Å².